The lowest BCUT2D eigenvalue weighted by molar-refractivity contribution is -0.0396. The molecule has 0 bridgehead atoms. The van der Waals surface area contributed by atoms with E-state index in [1.54, 1.807) is 7.05 Å². The van der Waals surface area contributed by atoms with E-state index in [1.165, 1.54) is 16.0 Å². The van der Waals surface area contributed by atoms with E-state index in [0.29, 0.717) is 13.1 Å². The Morgan fingerprint density at radius 1 is 1.30 bits per heavy atom. The maximum Gasteiger partial charge on any atom is 0.407 e. The number of amides is 1. The molecule has 3 heterocycles. The molecule has 2 unspecified atom stereocenters. The first-order chi connectivity index (χ1) is 15.7. The molecule has 184 valence electrons. The minimum atomic E-state index is -0.897. The number of hydrogen-bond donors (Lipinski definition) is 1. The Labute approximate surface area is 197 Å². The number of aromatic nitrogens is 2. The van der Waals surface area contributed by atoms with Crippen LogP contribution in [0.3, 0.4) is 0 Å². The fourth-order valence-electron chi connectivity index (χ4n) is 5.49. The highest BCUT2D eigenvalue weighted by Gasteiger charge is 2.44. The monoisotopic (exact) mass is 460 g/mol. The van der Waals surface area contributed by atoms with Gasteiger partial charge in [0.1, 0.15) is 6.23 Å². The second-order valence-corrected chi connectivity index (χ2v) is 10.9. The quantitative estimate of drug-likeness (QED) is 0.651. The van der Waals surface area contributed by atoms with E-state index in [4.69, 9.17) is 19.7 Å². The van der Waals surface area contributed by atoms with E-state index in [0.717, 1.165) is 70.4 Å². The third kappa shape index (κ3) is 5.78. The van der Waals surface area contributed by atoms with Crippen molar-refractivity contribution in [2.75, 3.05) is 40.4 Å². The van der Waals surface area contributed by atoms with Gasteiger partial charge in [0.2, 0.25) is 0 Å². The molecule has 1 amide bonds. The molecule has 1 aromatic heterocycles. The molecule has 8 heteroatoms. The lowest BCUT2D eigenvalue weighted by Gasteiger charge is -2.32. The van der Waals surface area contributed by atoms with Gasteiger partial charge in [0.25, 0.3) is 0 Å². The fraction of sp³-hybridized carbons (Fsp3) is 0.760. The van der Waals surface area contributed by atoms with Gasteiger partial charge in [0.15, 0.2) is 0 Å². The topological polar surface area (TPSA) is 80.1 Å². The number of hydrogen-bond acceptors (Lipinski definition) is 5. The summed E-state index contributed by atoms with van der Waals surface area (Å²) in [7, 11) is 3.65. The molecule has 33 heavy (non-hydrogen) atoms. The molecule has 0 aromatic carbocycles. The lowest BCUT2D eigenvalue weighted by Crippen LogP contribution is -2.33. The van der Waals surface area contributed by atoms with Crippen molar-refractivity contribution in [3.63, 3.8) is 0 Å². The first kappa shape index (κ1) is 24.2. The third-order valence-corrected chi connectivity index (χ3v) is 7.42. The summed E-state index contributed by atoms with van der Waals surface area (Å²) in [5.74, 6) is 0. The summed E-state index contributed by atoms with van der Waals surface area (Å²) in [5.41, 5.74) is 3.83. The molecule has 4 rings (SSSR count). The average Bonchev–Trinajstić information content (AvgIpc) is 3.33. The van der Waals surface area contributed by atoms with Crippen molar-refractivity contribution in [3.8, 4) is 0 Å². The van der Waals surface area contributed by atoms with Crippen LogP contribution in [0, 0.1) is 5.41 Å². The van der Waals surface area contributed by atoms with Crippen LogP contribution in [0.1, 0.15) is 76.3 Å². The van der Waals surface area contributed by atoms with Gasteiger partial charge in [-0.05, 0) is 71.4 Å². The Kier molecular flexibility index (Phi) is 7.17. The van der Waals surface area contributed by atoms with Gasteiger partial charge < -0.3 is 24.4 Å². The van der Waals surface area contributed by atoms with Gasteiger partial charge in [-0.25, -0.2) is 9.48 Å². The molecule has 1 N–H and O–H groups in total. The number of ether oxygens (including phenoxy) is 2. The van der Waals surface area contributed by atoms with Crippen LogP contribution in [0.5, 0.6) is 0 Å². The molecule has 3 aliphatic rings. The van der Waals surface area contributed by atoms with Crippen molar-refractivity contribution in [1.29, 1.82) is 0 Å². The van der Waals surface area contributed by atoms with E-state index in [-0.39, 0.29) is 17.2 Å². The van der Waals surface area contributed by atoms with Gasteiger partial charge >= 0.3 is 6.09 Å². The number of likely N-dealkylation sites (N-methyl/N-ethyl adjacent to an activating group) is 2. The van der Waals surface area contributed by atoms with Crippen molar-refractivity contribution in [2.24, 2.45) is 5.41 Å². The Morgan fingerprint density at radius 3 is 2.73 bits per heavy atom. The van der Waals surface area contributed by atoms with Gasteiger partial charge in [0, 0.05) is 50.5 Å². The van der Waals surface area contributed by atoms with Crippen molar-refractivity contribution in [2.45, 2.75) is 77.2 Å². The molecule has 2 aliphatic heterocycles. The van der Waals surface area contributed by atoms with Gasteiger partial charge in [-0.15, -0.1) is 0 Å². The van der Waals surface area contributed by atoms with Crippen molar-refractivity contribution < 1.29 is 19.4 Å². The molecule has 1 spiro atoms. The average molecular weight is 461 g/mol. The van der Waals surface area contributed by atoms with Crippen LogP contribution in [0.4, 0.5) is 4.79 Å². The summed E-state index contributed by atoms with van der Waals surface area (Å²) in [6.07, 6.45) is 11.2. The first-order valence-electron chi connectivity index (χ1n) is 12.3. The standard InChI is InChI=1S/C25H40N4O4/c1-24(2)17-25(18-33-24)10-8-19(9-11-25)22-20(15-27(3)12-13-28(4)23(30)31)16-29(26-22)21-7-5-6-14-32-21/h8,16,21H,5-7,9-15,17-18H2,1-4H3,(H,30,31). The summed E-state index contributed by atoms with van der Waals surface area (Å²) in [6, 6.07) is 0. The zero-order valence-corrected chi connectivity index (χ0v) is 20.7. The minimum absolute atomic E-state index is 0.00858. The van der Waals surface area contributed by atoms with Crippen molar-refractivity contribution in [1.82, 2.24) is 19.6 Å². The maximum absolute atomic E-state index is 11.1. The zero-order valence-electron chi connectivity index (χ0n) is 20.7. The molecule has 2 fully saturated rings. The Hall–Kier alpha value is -1.90. The predicted octanol–water partition coefficient (Wildman–Crippen LogP) is 4.38. The largest absolute Gasteiger partial charge is 0.465 e. The molecule has 0 radical (unpaired) electrons. The van der Waals surface area contributed by atoms with E-state index in [2.05, 4.69) is 31.0 Å². The molecule has 2 saturated heterocycles. The second kappa shape index (κ2) is 9.76. The summed E-state index contributed by atoms with van der Waals surface area (Å²) >= 11 is 0. The maximum atomic E-state index is 11.1. The summed E-state index contributed by atoms with van der Waals surface area (Å²) in [5, 5.41) is 14.2. The fourth-order valence-corrected chi connectivity index (χ4v) is 5.49. The normalized spacial score (nSPS) is 27.2. The van der Waals surface area contributed by atoms with E-state index < -0.39 is 6.09 Å². The lowest BCUT2D eigenvalue weighted by atomic mass is 9.71. The predicted molar refractivity (Wildman–Crippen MR) is 127 cm³/mol. The van der Waals surface area contributed by atoms with Gasteiger partial charge in [-0.3, -0.25) is 0 Å². The highest BCUT2D eigenvalue weighted by atomic mass is 16.5. The van der Waals surface area contributed by atoms with E-state index in [9.17, 15) is 4.79 Å². The summed E-state index contributed by atoms with van der Waals surface area (Å²) < 4.78 is 14.1. The molecule has 0 saturated carbocycles. The number of rotatable bonds is 7. The van der Waals surface area contributed by atoms with Crippen LogP contribution < -0.4 is 0 Å². The van der Waals surface area contributed by atoms with Crippen LogP contribution in [-0.4, -0.2) is 76.8 Å². The van der Waals surface area contributed by atoms with Gasteiger partial charge in [0.05, 0.1) is 17.9 Å². The SMILES string of the molecule is CN(CCN(C)C(=O)O)Cc1cn(C2CCCCO2)nc1C1=CCC2(CC1)COC(C)(C)C2. The van der Waals surface area contributed by atoms with Crippen LogP contribution >= 0.6 is 0 Å². The smallest absolute Gasteiger partial charge is 0.407 e. The highest BCUT2D eigenvalue weighted by Crippen LogP contribution is 2.49. The Morgan fingerprint density at radius 2 is 2.12 bits per heavy atom. The molecular weight excluding hydrogens is 420 g/mol. The van der Waals surface area contributed by atoms with Crippen LogP contribution in [-0.2, 0) is 16.0 Å². The van der Waals surface area contributed by atoms with Crippen LogP contribution in [0.2, 0.25) is 0 Å². The van der Waals surface area contributed by atoms with Crippen LogP contribution in [0.25, 0.3) is 5.57 Å². The van der Waals surface area contributed by atoms with Gasteiger partial charge in [-0.1, -0.05) is 6.08 Å². The van der Waals surface area contributed by atoms with Gasteiger partial charge in [-0.2, -0.15) is 5.10 Å². The Bertz CT molecular complexity index is 874. The van der Waals surface area contributed by atoms with E-state index in [1.807, 2.05) is 11.7 Å². The number of nitrogens with zero attached hydrogens (tertiary/aromatic N) is 4. The number of carboxylic acid groups (broad SMARTS) is 1. The minimum Gasteiger partial charge on any atom is -0.465 e. The van der Waals surface area contributed by atoms with Crippen molar-refractivity contribution >= 4 is 11.7 Å². The zero-order chi connectivity index (χ0) is 23.6. The number of carbonyl (C=O) groups is 1. The Balaban J connectivity index is 1.51. The highest BCUT2D eigenvalue weighted by molar-refractivity contribution is 5.66. The number of allylic oxidation sites excluding steroid dienone is 2. The third-order valence-electron chi connectivity index (χ3n) is 7.42. The summed E-state index contributed by atoms with van der Waals surface area (Å²) in [6.45, 7) is 7.90. The van der Waals surface area contributed by atoms with Crippen molar-refractivity contribution in [3.05, 3.63) is 23.5 Å². The molecule has 8 nitrogen and oxygen atoms in total. The molecule has 1 aliphatic carbocycles. The molecular formula is C25H40N4O4. The van der Waals surface area contributed by atoms with Crippen LogP contribution in [0.15, 0.2) is 12.3 Å². The van der Waals surface area contributed by atoms with E-state index >= 15 is 0 Å². The molecule has 2 atom stereocenters. The summed E-state index contributed by atoms with van der Waals surface area (Å²) in [4.78, 5) is 14.6. The second-order valence-electron chi connectivity index (χ2n) is 10.9. The first-order valence-corrected chi connectivity index (χ1v) is 12.3. The molecule has 1 aromatic rings.